The zero-order valence-electron chi connectivity index (χ0n) is 6.03. The number of primary amides is 1. The van der Waals surface area contributed by atoms with Crippen LogP contribution in [0, 0.1) is 0 Å². The Morgan fingerprint density at radius 1 is 1.73 bits per heavy atom. The Bertz CT molecular complexity index is 273. The molecule has 5 nitrogen and oxygen atoms in total. The van der Waals surface area contributed by atoms with E-state index in [2.05, 4.69) is 15.3 Å². The van der Waals surface area contributed by atoms with Crippen molar-refractivity contribution in [3.8, 4) is 0 Å². The minimum Gasteiger partial charge on any atom is -0.373 e. The summed E-state index contributed by atoms with van der Waals surface area (Å²) in [7, 11) is 1.70. The molecule has 58 valence electrons. The van der Waals surface area contributed by atoms with E-state index < -0.39 is 5.91 Å². The average molecular weight is 152 g/mol. The SMILES string of the molecule is CNc1ccnc(C(N)=O)n1. The maximum absolute atomic E-state index is 10.5. The summed E-state index contributed by atoms with van der Waals surface area (Å²) in [6, 6.07) is 1.65. The second-order valence-corrected chi connectivity index (χ2v) is 1.88. The molecule has 0 aromatic carbocycles. The van der Waals surface area contributed by atoms with E-state index in [9.17, 15) is 4.79 Å². The van der Waals surface area contributed by atoms with E-state index in [0.717, 1.165) is 0 Å². The number of aromatic nitrogens is 2. The minimum absolute atomic E-state index is 0.0249. The number of carbonyl (C=O) groups is 1. The maximum Gasteiger partial charge on any atom is 0.286 e. The van der Waals surface area contributed by atoms with Crippen LogP contribution in [-0.4, -0.2) is 22.9 Å². The molecule has 0 spiro atoms. The minimum atomic E-state index is -0.623. The molecule has 0 saturated carbocycles. The molecule has 0 aliphatic carbocycles. The third-order valence-corrected chi connectivity index (χ3v) is 1.13. The molecule has 1 aromatic rings. The zero-order chi connectivity index (χ0) is 8.27. The van der Waals surface area contributed by atoms with E-state index in [-0.39, 0.29) is 5.82 Å². The van der Waals surface area contributed by atoms with Crippen LogP contribution < -0.4 is 11.1 Å². The van der Waals surface area contributed by atoms with Gasteiger partial charge in [0.15, 0.2) is 0 Å². The van der Waals surface area contributed by atoms with Crippen LogP contribution >= 0.6 is 0 Å². The van der Waals surface area contributed by atoms with Crippen LogP contribution in [0.25, 0.3) is 0 Å². The van der Waals surface area contributed by atoms with Crippen LogP contribution in [0.4, 0.5) is 5.82 Å². The second-order valence-electron chi connectivity index (χ2n) is 1.88. The van der Waals surface area contributed by atoms with Gasteiger partial charge in [0, 0.05) is 13.2 Å². The zero-order valence-corrected chi connectivity index (χ0v) is 6.03. The molecule has 0 bridgehead atoms. The Balaban J connectivity index is 3.01. The highest BCUT2D eigenvalue weighted by atomic mass is 16.1. The molecule has 0 unspecified atom stereocenters. The van der Waals surface area contributed by atoms with Gasteiger partial charge in [0.25, 0.3) is 5.91 Å². The molecule has 0 saturated heterocycles. The van der Waals surface area contributed by atoms with Crippen LogP contribution in [0.5, 0.6) is 0 Å². The van der Waals surface area contributed by atoms with Crippen molar-refractivity contribution in [2.24, 2.45) is 5.73 Å². The van der Waals surface area contributed by atoms with Crippen molar-refractivity contribution in [3.05, 3.63) is 18.1 Å². The fourth-order valence-electron chi connectivity index (χ4n) is 0.617. The Morgan fingerprint density at radius 2 is 2.45 bits per heavy atom. The Kier molecular flexibility index (Phi) is 2.00. The molecular formula is C6H8N4O. The monoisotopic (exact) mass is 152 g/mol. The third-order valence-electron chi connectivity index (χ3n) is 1.13. The topological polar surface area (TPSA) is 80.9 Å². The summed E-state index contributed by atoms with van der Waals surface area (Å²) < 4.78 is 0. The van der Waals surface area contributed by atoms with Gasteiger partial charge in [-0.25, -0.2) is 9.97 Å². The van der Waals surface area contributed by atoms with Gasteiger partial charge in [0.05, 0.1) is 0 Å². The fraction of sp³-hybridized carbons (Fsp3) is 0.167. The molecule has 0 aliphatic heterocycles. The van der Waals surface area contributed by atoms with Crippen molar-refractivity contribution in [1.82, 2.24) is 9.97 Å². The summed E-state index contributed by atoms with van der Waals surface area (Å²) in [5.41, 5.74) is 4.95. The molecule has 1 rings (SSSR count). The van der Waals surface area contributed by atoms with Gasteiger partial charge in [0.2, 0.25) is 5.82 Å². The van der Waals surface area contributed by atoms with Gasteiger partial charge in [-0.1, -0.05) is 0 Å². The lowest BCUT2D eigenvalue weighted by Crippen LogP contribution is -2.15. The number of carbonyl (C=O) groups excluding carboxylic acids is 1. The number of nitrogens with zero attached hydrogens (tertiary/aromatic N) is 2. The van der Waals surface area contributed by atoms with Crippen molar-refractivity contribution in [1.29, 1.82) is 0 Å². The first-order valence-corrected chi connectivity index (χ1v) is 3.04. The predicted molar refractivity (Wildman–Crippen MR) is 40.1 cm³/mol. The second kappa shape index (κ2) is 2.96. The van der Waals surface area contributed by atoms with Gasteiger partial charge >= 0.3 is 0 Å². The predicted octanol–water partition coefficient (Wildman–Crippen LogP) is -0.383. The quantitative estimate of drug-likeness (QED) is 0.605. The molecule has 1 amide bonds. The number of hydrogen-bond donors (Lipinski definition) is 2. The highest BCUT2D eigenvalue weighted by Crippen LogP contribution is 1.98. The maximum atomic E-state index is 10.5. The summed E-state index contributed by atoms with van der Waals surface area (Å²) >= 11 is 0. The van der Waals surface area contributed by atoms with E-state index in [4.69, 9.17) is 5.73 Å². The largest absolute Gasteiger partial charge is 0.373 e. The van der Waals surface area contributed by atoms with Crippen LogP contribution in [-0.2, 0) is 0 Å². The number of amides is 1. The summed E-state index contributed by atoms with van der Waals surface area (Å²) in [6.07, 6.45) is 1.47. The van der Waals surface area contributed by atoms with Gasteiger partial charge < -0.3 is 11.1 Å². The summed E-state index contributed by atoms with van der Waals surface area (Å²) in [4.78, 5) is 18.0. The van der Waals surface area contributed by atoms with Crippen molar-refractivity contribution in [2.45, 2.75) is 0 Å². The number of rotatable bonds is 2. The normalized spacial score (nSPS) is 9.18. The third kappa shape index (κ3) is 1.64. The van der Waals surface area contributed by atoms with Gasteiger partial charge in [-0.05, 0) is 6.07 Å². The Labute approximate surface area is 63.7 Å². The van der Waals surface area contributed by atoms with Crippen LogP contribution in [0.15, 0.2) is 12.3 Å². The molecule has 1 heterocycles. The first kappa shape index (κ1) is 7.46. The van der Waals surface area contributed by atoms with Crippen molar-refractivity contribution in [2.75, 3.05) is 12.4 Å². The molecule has 11 heavy (non-hydrogen) atoms. The van der Waals surface area contributed by atoms with E-state index in [0.29, 0.717) is 5.82 Å². The highest BCUT2D eigenvalue weighted by molar-refractivity contribution is 5.89. The lowest BCUT2D eigenvalue weighted by atomic mass is 10.5. The molecular weight excluding hydrogens is 144 g/mol. The first-order valence-electron chi connectivity index (χ1n) is 3.04. The molecule has 0 aliphatic rings. The molecule has 5 heteroatoms. The first-order chi connectivity index (χ1) is 5.24. The molecule has 0 atom stereocenters. The Morgan fingerprint density at radius 3 is 3.00 bits per heavy atom. The highest BCUT2D eigenvalue weighted by Gasteiger charge is 2.02. The fourth-order valence-corrected chi connectivity index (χ4v) is 0.617. The number of nitrogens with one attached hydrogen (secondary N) is 1. The average Bonchev–Trinajstić information content (AvgIpc) is 2.05. The molecule has 3 N–H and O–H groups in total. The van der Waals surface area contributed by atoms with Crippen LogP contribution in [0.2, 0.25) is 0 Å². The number of anilines is 1. The standard InChI is InChI=1S/C6H8N4O/c1-8-4-2-3-9-6(10-4)5(7)11/h2-3H,1H3,(H2,7,11)(H,8,9,10). The Hall–Kier alpha value is -1.65. The smallest absolute Gasteiger partial charge is 0.286 e. The molecule has 1 aromatic heterocycles. The van der Waals surface area contributed by atoms with Gasteiger partial charge in [-0.15, -0.1) is 0 Å². The van der Waals surface area contributed by atoms with Gasteiger partial charge in [-0.2, -0.15) is 0 Å². The van der Waals surface area contributed by atoms with Gasteiger partial charge in [0.1, 0.15) is 5.82 Å². The van der Waals surface area contributed by atoms with Crippen molar-refractivity contribution < 1.29 is 4.79 Å². The van der Waals surface area contributed by atoms with Crippen molar-refractivity contribution >= 4 is 11.7 Å². The summed E-state index contributed by atoms with van der Waals surface area (Å²) in [5.74, 6) is -0.0206. The lowest BCUT2D eigenvalue weighted by molar-refractivity contribution is 0.0990. The van der Waals surface area contributed by atoms with E-state index >= 15 is 0 Å². The van der Waals surface area contributed by atoms with Crippen LogP contribution in [0.3, 0.4) is 0 Å². The van der Waals surface area contributed by atoms with Crippen LogP contribution in [0.1, 0.15) is 10.6 Å². The molecule has 0 radical (unpaired) electrons. The lowest BCUT2D eigenvalue weighted by Gasteiger charge is -1.97. The molecule has 0 fully saturated rings. The number of hydrogen-bond acceptors (Lipinski definition) is 4. The van der Waals surface area contributed by atoms with E-state index in [1.54, 1.807) is 13.1 Å². The van der Waals surface area contributed by atoms with E-state index in [1.165, 1.54) is 6.20 Å². The van der Waals surface area contributed by atoms with Crippen molar-refractivity contribution in [3.63, 3.8) is 0 Å². The van der Waals surface area contributed by atoms with Gasteiger partial charge in [-0.3, -0.25) is 4.79 Å². The number of nitrogens with two attached hydrogens (primary N) is 1. The van der Waals surface area contributed by atoms with E-state index in [1.807, 2.05) is 0 Å². The summed E-state index contributed by atoms with van der Waals surface area (Å²) in [5, 5.41) is 2.76. The summed E-state index contributed by atoms with van der Waals surface area (Å²) in [6.45, 7) is 0.